The monoisotopic (exact) mass is 326 g/mol. The lowest BCUT2D eigenvalue weighted by Crippen LogP contribution is -2.43. The topological polar surface area (TPSA) is 64.2 Å². The van der Waals surface area contributed by atoms with Gasteiger partial charge in [0.15, 0.2) is 5.69 Å². The van der Waals surface area contributed by atoms with Gasteiger partial charge in [-0.15, -0.1) is 0 Å². The second kappa shape index (κ2) is 6.40. The van der Waals surface area contributed by atoms with Crippen molar-refractivity contribution < 1.29 is 4.79 Å². The summed E-state index contributed by atoms with van der Waals surface area (Å²) in [6.07, 6.45) is 2.32. The van der Waals surface area contributed by atoms with Crippen LogP contribution in [-0.2, 0) is 0 Å². The standard InChI is InChI=1S/C19H26N4O/c1-12-7-13(2)9-16(8-12)23-14(3)10-17(21-23)19(24)22(4)18(11-20)15-5-6-15/h7-10,15,18H,5-6,11,20H2,1-4H3. The van der Waals surface area contributed by atoms with Gasteiger partial charge in [-0.1, -0.05) is 6.07 Å². The Kier molecular flexibility index (Phi) is 4.45. The van der Waals surface area contributed by atoms with Gasteiger partial charge in [0.1, 0.15) is 0 Å². The number of likely N-dealkylation sites (N-methyl/N-ethyl adjacent to an activating group) is 1. The lowest BCUT2D eigenvalue weighted by atomic mass is 10.1. The van der Waals surface area contributed by atoms with Crippen LogP contribution in [0.5, 0.6) is 0 Å². The van der Waals surface area contributed by atoms with Gasteiger partial charge in [-0.2, -0.15) is 5.10 Å². The third kappa shape index (κ3) is 3.22. The van der Waals surface area contributed by atoms with Crippen LogP contribution in [0.2, 0.25) is 0 Å². The van der Waals surface area contributed by atoms with Crippen molar-refractivity contribution in [2.24, 2.45) is 11.7 Å². The number of rotatable bonds is 5. The normalized spacial score (nSPS) is 15.4. The van der Waals surface area contributed by atoms with Gasteiger partial charge in [0.25, 0.3) is 5.91 Å². The van der Waals surface area contributed by atoms with Crippen LogP contribution in [0, 0.1) is 26.7 Å². The summed E-state index contributed by atoms with van der Waals surface area (Å²) in [5.74, 6) is 0.495. The first-order chi connectivity index (χ1) is 11.4. The summed E-state index contributed by atoms with van der Waals surface area (Å²) in [7, 11) is 1.84. The highest BCUT2D eigenvalue weighted by molar-refractivity contribution is 5.92. The van der Waals surface area contributed by atoms with Crippen molar-refractivity contribution in [3.8, 4) is 5.69 Å². The number of nitrogens with zero attached hydrogens (tertiary/aromatic N) is 3. The van der Waals surface area contributed by atoms with E-state index in [-0.39, 0.29) is 11.9 Å². The fourth-order valence-electron chi connectivity index (χ4n) is 3.39. The van der Waals surface area contributed by atoms with Gasteiger partial charge in [0.05, 0.1) is 5.69 Å². The molecule has 1 saturated carbocycles. The summed E-state index contributed by atoms with van der Waals surface area (Å²) in [5, 5.41) is 4.56. The van der Waals surface area contributed by atoms with E-state index < -0.39 is 0 Å². The minimum atomic E-state index is -0.0522. The molecule has 1 atom stereocenters. The van der Waals surface area contributed by atoms with Crippen molar-refractivity contribution in [2.75, 3.05) is 13.6 Å². The Morgan fingerprint density at radius 2 is 1.88 bits per heavy atom. The fraction of sp³-hybridized carbons (Fsp3) is 0.474. The molecule has 1 heterocycles. The minimum Gasteiger partial charge on any atom is -0.336 e. The van der Waals surface area contributed by atoms with Crippen LogP contribution in [0.1, 0.15) is 40.2 Å². The number of hydrogen-bond acceptors (Lipinski definition) is 3. The van der Waals surface area contributed by atoms with Crippen LogP contribution in [0.25, 0.3) is 5.69 Å². The number of nitrogens with two attached hydrogens (primary N) is 1. The van der Waals surface area contributed by atoms with Gasteiger partial charge in [-0.3, -0.25) is 4.79 Å². The molecule has 0 aliphatic heterocycles. The van der Waals surface area contributed by atoms with Crippen LogP contribution in [0.4, 0.5) is 0 Å². The molecule has 1 aliphatic rings. The van der Waals surface area contributed by atoms with E-state index in [2.05, 4.69) is 37.1 Å². The largest absolute Gasteiger partial charge is 0.336 e. The Balaban J connectivity index is 1.89. The van der Waals surface area contributed by atoms with E-state index in [9.17, 15) is 4.79 Å². The third-order valence-electron chi connectivity index (χ3n) is 4.78. The van der Waals surface area contributed by atoms with Crippen molar-refractivity contribution in [3.05, 3.63) is 46.8 Å². The molecule has 1 fully saturated rings. The molecule has 0 radical (unpaired) electrons. The predicted molar refractivity (Wildman–Crippen MR) is 95.4 cm³/mol. The van der Waals surface area contributed by atoms with Crippen LogP contribution in [0.3, 0.4) is 0 Å². The lowest BCUT2D eigenvalue weighted by Gasteiger charge is -2.26. The first-order valence-electron chi connectivity index (χ1n) is 8.53. The van der Waals surface area contributed by atoms with Gasteiger partial charge >= 0.3 is 0 Å². The first-order valence-corrected chi connectivity index (χ1v) is 8.53. The molecule has 3 rings (SSSR count). The number of carbonyl (C=O) groups excluding carboxylic acids is 1. The zero-order chi connectivity index (χ0) is 17.4. The molecular weight excluding hydrogens is 300 g/mol. The molecule has 2 N–H and O–H groups in total. The molecule has 0 bridgehead atoms. The molecule has 128 valence electrons. The van der Waals surface area contributed by atoms with Crippen molar-refractivity contribution in [2.45, 2.75) is 39.7 Å². The Morgan fingerprint density at radius 1 is 1.25 bits per heavy atom. The number of benzene rings is 1. The van der Waals surface area contributed by atoms with E-state index in [1.54, 1.807) is 4.90 Å². The van der Waals surface area contributed by atoms with E-state index in [4.69, 9.17) is 5.73 Å². The van der Waals surface area contributed by atoms with Gasteiger partial charge in [0, 0.05) is 25.3 Å². The third-order valence-corrected chi connectivity index (χ3v) is 4.78. The molecule has 0 spiro atoms. The number of carbonyl (C=O) groups is 1. The molecule has 5 nitrogen and oxygen atoms in total. The second-order valence-corrected chi connectivity index (χ2v) is 6.99. The molecule has 0 saturated heterocycles. The van der Waals surface area contributed by atoms with Crippen LogP contribution < -0.4 is 5.73 Å². The Bertz CT molecular complexity index is 740. The minimum absolute atomic E-state index is 0.0522. The number of aromatic nitrogens is 2. The zero-order valence-electron chi connectivity index (χ0n) is 14.9. The highest BCUT2D eigenvalue weighted by atomic mass is 16.2. The van der Waals surface area contributed by atoms with Gasteiger partial charge in [-0.25, -0.2) is 4.68 Å². The Hall–Kier alpha value is -2.14. The van der Waals surface area contributed by atoms with Gasteiger partial charge in [-0.05, 0) is 68.9 Å². The summed E-state index contributed by atoms with van der Waals surface area (Å²) in [5.41, 5.74) is 10.7. The Labute approximate surface area is 143 Å². The Morgan fingerprint density at radius 3 is 2.42 bits per heavy atom. The molecular formula is C19H26N4O. The molecule has 5 heteroatoms. The van der Waals surface area contributed by atoms with Gasteiger partial charge in [0.2, 0.25) is 0 Å². The molecule has 1 aromatic heterocycles. The molecule has 1 amide bonds. The maximum Gasteiger partial charge on any atom is 0.274 e. The highest BCUT2D eigenvalue weighted by Gasteiger charge is 2.35. The quantitative estimate of drug-likeness (QED) is 0.918. The van der Waals surface area contributed by atoms with Crippen molar-refractivity contribution in [1.82, 2.24) is 14.7 Å². The first kappa shape index (κ1) is 16.7. The zero-order valence-corrected chi connectivity index (χ0v) is 14.9. The van der Waals surface area contributed by atoms with Crippen LogP contribution in [-0.4, -0.2) is 40.2 Å². The van der Waals surface area contributed by atoms with E-state index in [0.29, 0.717) is 18.2 Å². The number of hydrogen-bond donors (Lipinski definition) is 1. The highest BCUT2D eigenvalue weighted by Crippen LogP contribution is 2.34. The number of amides is 1. The van der Waals surface area contributed by atoms with Crippen LogP contribution >= 0.6 is 0 Å². The summed E-state index contributed by atoms with van der Waals surface area (Å²) in [6.45, 7) is 6.61. The molecule has 24 heavy (non-hydrogen) atoms. The summed E-state index contributed by atoms with van der Waals surface area (Å²) in [4.78, 5) is 14.6. The van der Waals surface area contributed by atoms with E-state index in [1.165, 1.54) is 11.1 Å². The lowest BCUT2D eigenvalue weighted by molar-refractivity contribution is 0.0712. The van der Waals surface area contributed by atoms with E-state index in [0.717, 1.165) is 24.2 Å². The molecule has 1 aliphatic carbocycles. The maximum absolute atomic E-state index is 12.8. The predicted octanol–water partition coefficient (Wildman–Crippen LogP) is 2.61. The molecule has 1 aromatic carbocycles. The average Bonchev–Trinajstić information content (AvgIpc) is 3.27. The average molecular weight is 326 g/mol. The van der Waals surface area contributed by atoms with Crippen molar-refractivity contribution in [1.29, 1.82) is 0 Å². The maximum atomic E-state index is 12.8. The summed E-state index contributed by atoms with van der Waals surface area (Å²) < 4.78 is 1.84. The van der Waals surface area contributed by atoms with Crippen molar-refractivity contribution in [3.63, 3.8) is 0 Å². The summed E-state index contributed by atoms with van der Waals surface area (Å²) in [6, 6.07) is 8.26. The van der Waals surface area contributed by atoms with Gasteiger partial charge < -0.3 is 10.6 Å². The van der Waals surface area contributed by atoms with E-state index >= 15 is 0 Å². The SMILES string of the molecule is Cc1cc(C)cc(-n2nc(C(=O)N(C)C(CN)C3CC3)cc2C)c1. The van der Waals surface area contributed by atoms with E-state index in [1.807, 2.05) is 24.7 Å². The number of aryl methyl sites for hydroxylation is 3. The fourth-order valence-corrected chi connectivity index (χ4v) is 3.39. The van der Waals surface area contributed by atoms with Crippen molar-refractivity contribution >= 4 is 5.91 Å². The molecule has 1 unspecified atom stereocenters. The molecule has 2 aromatic rings. The smallest absolute Gasteiger partial charge is 0.274 e. The second-order valence-electron chi connectivity index (χ2n) is 6.99. The summed E-state index contributed by atoms with van der Waals surface area (Å²) >= 11 is 0. The van der Waals surface area contributed by atoms with Crippen LogP contribution in [0.15, 0.2) is 24.3 Å².